The minimum Gasteiger partial charge on any atom is -0.310 e. The largest absolute Gasteiger partial charge is 0.332 e. The fraction of sp³-hybridized carbons (Fsp3) is 0.357. The van der Waals surface area contributed by atoms with Crippen molar-refractivity contribution in [3.05, 3.63) is 52.7 Å². The van der Waals surface area contributed by atoms with Gasteiger partial charge in [-0.15, -0.1) is 0 Å². The highest BCUT2D eigenvalue weighted by atomic mass is 16.1. The van der Waals surface area contributed by atoms with Gasteiger partial charge >= 0.3 is 5.69 Å². The van der Waals surface area contributed by atoms with Crippen molar-refractivity contribution in [2.45, 2.75) is 18.9 Å². The summed E-state index contributed by atoms with van der Waals surface area (Å²) in [5.74, 6) is 0. The van der Waals surface area contributed by atoms with Crippen LogP contribution < -0.4 is 11.0 Å². The molecular formula is C14H17N3O. The van der Waals surface area contributed by atoms with Crippen molar-refractivity contribution in [3.8, 4) is 5.69 Å². The summed E-state index contributed by atoms with van der Waals surface area (Å²) in [6.07, 6.45) is 6.01. The van der Waals surface area contributed by atoms with E-state index < -0.39 is 0 Å². The normalized spacial score (nSPS) is 19.3. The molecule has 0 saturated carbocycles. The van der Waals surface area contributed by atoms with Gasteiger partial charge in [0, 0.05) is 25.5 Å². The van der Waals surface area contributed by atoms with E-state index in [0.29, 0.717) is 6.04 Å². The van der Waals surface area contributed by atoms with E-state index in [1.54, 1.807) is 28.6 Å². The van der Waals surface area contributed by atoms with E-state index >= 15 is 0 Å². The molecule has 4 nitrogen and oxygen atoms in total. The van der Waals surface area contributed by atoms with Gasteiger partial charge in [0.2, 0.25) is 0 Å². The zero-order chi connectivity index (χ0) is 12.5. The van der Waals surface area contributed by atoms with Crippen molar-refractivity contribution in [1.82, 2.24) is 14.5 Å². The molecule has 3 rings (SSSR count). The standard InChI is InChI=1S/C14H17N3O/c1-16-9-10-17(14(16)18)12-6-4-11(5-7-12)13-3-2-8-15-13/h4-7,9-10,13,15H,2-3,8H2,1H3. The molecule has 0 aliphatic carbocycles. The van der Waals surface area contributed by atoms with Crippen molar-refractivity contribution in [2.75, 3.05) is 6.54 Å². The Kier molecular flexibility index (Phi) is 2.80. The fourth-order valence-electron chi connectivity index (χ4n) is 2.50. The van der Waals surface area contributed by atoms with Crippen LogP contribution >= 0.6 is 0 Å². The Hall–Kier alpha value is -1.81. The van der Waals surface area contributed by atoms with Crippen LogP contribution in [0.15, 0.2) is 41.5 Å². The van der Waals surface area contributed by atoms with E-state index in [1.807, 2.05) is 12.1 Å². The second kappa shape index (κ2) is 4.46. The summed E-state index contributed by atoms with van der Waals surface area (Å²) < 4.78 is 3.23. The zero-order valence-corrected chi connectivity index (χ0v) is 10.5. The summed E-state index contributed by atoms with van der Waals surface area (Å²) in [5, 5.41) is 3.47. The quantitative estimate of drug-likeness (QED) is 0.870. The molecule has 2 heterocycles. The van der Waals surface area contributed by atoms with Crippen LogP contribution in [0.5, 0.6) is 0 Å². The molecule has 0 spiro atoms. The van der Waals surface area contributed by atoms with Crippen LogP contribution in [0.4, 0.5) is 0 Å². The van der Waals surface area contributed by atoms with Crippen LogP contribution in [-0.2, 0) is 7.05 Å². The number of hydrogen-bond acceptors (Lipinski definition) is 2. The van der Waals surface area contributed by atoms with E-state index in [9.17, 15) is 4.79 Å². The van der Waals surface area contributed by atoms with E-state index in [2.05, 4.69) is 17.4 Å². The topological polar surface area (TPSA) is 39.0 Å². The van der Waals surface area contributed by atoms with Gasteiger partial charge in [0.05, 0.1) is 5.69 Å². The lowest BCUT2D eigenvalue weighted by molar-refractivity contribution is 0.647. The number of benzene rings is 1. The number of nitrogens with one attached hydrogen (secondary N) is 1. The molecule has 2 aromatic rings. The third kappa shape index (κ3) is 1.88. The maximum absolute atomic E-state index is 11.8. The first-order valence-electron chi connectivity index (χ1n) is 6.33. The Balaban J connectivity index is 1.91. The summed E-state index contributed by atoms with van der Waals surface area (Å²) in [4.78, 5) is 11.8. The highest BCUT2D eigenvalue weighted by Gasteiger charge is 2.15. The maximum Gasteiger partial charge on any atom is 0.332 e. The molecule has 1 aliphatic heterocycles. The molecule has 1 saturated heterocycles. The van der Waals surface area contributed by atoms with Gasteiger partial charge in [-0.25, -0.2) is 4.79 Å². The SMILES string of the molecule is Cn1ccn(-c2ccc(C3CCCN3)cc2)c1=O. The summed E-state index contributed by atoms with van der Waals surface area (Å²) in [7, 11) is 1.76. The first-order chi connectivity index (χ1) is 8.75. The summed E-state index contributed by atoms with van der Waals surface area (Å²) in [5.41, 5.74) is 2.21. The molecule has 1 atom stereocenters. The van der Waals surface area contributed by atoms with Gasteiger partial charge in [-0.1, -0.05) is 12.1 Å². The number of aryl methyl sites for hydroxylation is 1. The lowest BCUT2D eigenvalue weighted by Crippen LogP contribution is -2.20. The molecule has 1 unspecified atom stereocenters. The van der Waals surface area contributed by atoms with Gasteiger partial charge in [0.15, 0.2) is 0 Å². The molecule has 4 heteroatoms. The average molecular weight is 243 g/mol. The van der Waals surface area contributed by atoms with Crippen molar-refractivity contribution >= 4 is 0 Å². The van der Waals surface area contributed by atoms with Crippen LogP contribution in [0.1, 0.15) is 24.4 Å². The molecule has 0 bridgehead atoms. The minimum absolute atomic E-state index is 0.0123. The molecular weight excluding hydrogens is 226 g/mol. The Morgan fingerprint density at radius 3 is 2.56 bits per heavy atom. The summed E-state index contributed by atoms with van der Waals surface area (Å²) >= 11 is 0. The Morgan fingerprint density at radius 2 is 2.00 bits per heavy atom. The molecule has 18 heavy (non-hydrogen) atoms. The van der Waals surface area contributed by atoms with Gasteiger partial charge in [-0.05, 0) is 37.1 Å². The minimum atomic E-state index is -0.0123. The Labute approximate surface area is 106 Å². The molecule has 1 aromatic carbocycles. The first-order valence-corrected chi connectivity index (χ1v) is 6.33. The number of nitrogens with zero attached hydrogens (tertiary/aromatic N) is 2. The van der Waals surface area contributed by atoms with Gasteiger partial charge in [-0.3, -0.25) is 4.57 Å². The smallest absolute Gasteiger partial charge is 0.310 e. The highest BCUT2D eigenvalue weighted by Crippen LogP contribution is 2.23. The number of hydrogen-bond donors (Lipinski definition) is 1. The predicted octanol–water partition coefficient (Wildman–Crippen LogP) is 1.60. The molecule has 0 radical (unpaired) electrons. The Morgan fingerprint density at radius 1 is 1.22 bits per heavy atom. The lowest BCUT2D eigenvalue weighted by atomic mass is 10.1. The maximum atomic E-state index is 11.8. The monoisotopic (exact) mass is 243 g/mol. The molecule has 94 valence electrons. The first kappa shape index (κ1) is 11.3. The van der Waals surface area contributed by atoms with Crippen LogP contribution in [0.25, 0.3) is 5.69 Å². The van der Waals surface area contributed by atoms with Crippen molar-refractivity contribution in [3.63, 3.8) is 0 Å². The van der Waals surface area contributed by atoms with Crippen molar-refractivity contribution in [2.24, 2.45) is 7.05 Å². The van der Waals surface area contributed by atoms with Gasteiger partial charge in [0.1, 0.15) is 0 Å². The molecule has 1 fully saturated rings. The second-order valence-electron chi connectivity index (χ2n) is 4.80. The molecule has 0 amide bonds. The number of imidazole rings is 1. The van der Waals surface area contributed by atoms with E-state index in [1.165, 1.54) is 18.4 Å². The second-order valence-corrected chi connectivity index (χ2v) is 4.80. The molecule has 1 N–H and O–H groups in total. The van der Waals surface area contributed by atoms with Crippen LogP contribution in [0.3, 0.4) is 0 Å². The van der Waals surface area contributed by atoms with Crippen molar-refractivity contribution < 1.29 is 0 Å². The van der Waals surface area contributed by atoms with E-state index in [0.717, 1.165) is 12.2 Å². The Bertz CT molecular complexity index is 588. The van der Waals surface area contributed by atoms with E-state index in [4.69, 9.17) is 0 Å². The predicted molar refractivity (Wildman–Crippen MR) is 71.0 cm³/mol. The molecule has 1 aromatic heterocycles. The van der Waals surface area contributed by atoms with Gasteiger partial charge in [0.25, 0.3) is 0 Å². The summed E-state index contributed by atoms with van der Waals surface area (Å²) in [6, 6.07) is 8.72. The van der Waals surface area contributed by atoms with Crippen molar-refractivity contribution in [1.29, 1.82) is 0 Å². The summed E-state index contributed by atoms with van der Waals surface area (Å²) in [6.45, 7) is 1.10. The van der Waals surface area contributed by atoms with Gasteiger partial charge < -0.3 is 9.88 Å². The van der Waals surface area contributed by atoms with Crippen LogP contribution in [0.2, 0.25) is 0 Å². The van der Waals surface area contributed by atoms with Crippen LogP contribution in [0, 0.1) is 0 Å². The number of aromatic nitrogens is 2. The average Bonchev–Trinajstić information content (AvgIpc) is 3.02. The fourth-order valence-corrected chi connectivity index (χ4v) is 2.50. The lowest BCUT2D eigenvalue weighted by Gasteiger charge is -2.11. The van der Waals surface area contributed by atoms with Crippen LogP contribution in [-0.4, -0.2) is 15.7 Å². The molecule has 1 aliphatic rings. The third-order valence-electron chi connectivity index (χ3n) is 3.58. The van der Waals surface area contributed by atoms with E-state index in [-0.39, 0.29) is 5.69 Å². The van der Waals surface area contributed by atoms with Gasteiger partial charge in [-0.2, -0.15) is 0 Å². The zero-order valence-electron chi connectivity index (χ0n) is 10.5. The number of rotatable bonds is 2. The highest BCUT2D eigenvalue weighted by molar-refractivity contribution is 5.36. The third-order valence-corrected chi connectivity index (χ3v) is 3.58.